The van der Waals surface area contributed by atoms with Gasteiger partial charge in [-0.3, -0.25) is 4.79 Å². The van der Waals surface area contributed by atoms with Crippen molar-refractivity contribution in [1.82, 2.24) is 5.32 Å². The van der Waals surface area contributed by atoms with Crippen LogP contribution in [0.1, 0.15) is 47.5 Å². The number of nitrogens with one attached hydrogen (secondary N) is 1. The van der Waals surface area contributed by atoms with Crippen molar-refractivity contribution in [2.45, 2.75) is 53.0 Å². The van der Waals surface area contributed by atoms with Crippen LogP contribution in [0.4, 0.5) is 0 Å². The van der Waals surface area contributed by atoms with Crippen LogP contribution < -0.4 is 5.32 Å². The first-order valence-electron chi connectivity index (χ1n) is 4.90. The first-order chi connectivity index (χ1) is 5.94. The van der Waals surface area contributed by atoms with E-state index >= 15 is 0 Å². The second-order valence-electron chi connectivity index (χ2n) is 4.20. The molecule has 0 saturated carbocycles. The van der Waals surface area contributed by atoms with E-state index in [0.717, 1.165) is 30.4 Å². The van der Waals surface area contributed by atoms with E-state index in [4.69, 9.17) is 0 Å². The molecule has 0 aliphatic heterocycles. The summed E-state index contributed by atoms with van der Waals surface area (Å²) in [4.78, 5) is 10.7. The lowest BCUT2D eigenvalue weighted by Gasteiger charge is -2.25. The normalized spacial score (nSPS) is 13.6. The van der Waals surface area contributed by atoms with Gasteiger partial charge in [-0.2, -0.15) is 0 Å². The van der Waals surface area contributed by atoms with Gasteiger partial charge in [0, 0.05) is 16.8 Å². The summed E-state index contributed by atoms with van der Waals surface area (Å²) in [5.74, 6) is 0. The molecule has 0 aromatic heterocycles. The van der Waals surface area contributed by atoms with Crippen LogP contribution >= 0.6 is 0 Å². The minimum Gasteiger partial charge on any atom is -0.383 e. The molecule has 2 heteroatoms. The first kappa shape index (κ1) is 12.2. The van der Waals surface area contributed by atoms with Crippen molar-refractivity contribution in [2.24, 2.45) is 0 Å². The summed E-state index contributed by atoms with van der Waals surface area (Å²) >= 11 is 0. The predicted molar refractivity (Wildman–Crippen MR) is 56.6 cm³/mol. The van der Waals surface area contributed by atoms with Crippen molar-refractivity contribution in [3.63, 3.8) is 0 Å². The standard InChI is InChI=1S/C11H21NO/c1-6-9(8-13)10(7-2)12-11(3,4)5/h8,12H,6-7H2,1-5H3/b10-9-. The molecule has 1 N–H and O–H groups in total. The van der Waals surface area contributed by atoms with Gasteiger partial charge in [-0.15, -0.1) is 0 Å². The minimum absolute atomic E-state index is 0.0365. The van der Waals surface area contributed by atoms with E-state index in [2.05, 4.69) is 33.0 Å². The first-order valence-corrected chi connectivity index (χ1v) is 4.90. The van der Waals surface area contributed by atoms with Crippen molar-refractivity contribution in [2.75, 3.05) is 0 Å². The maximum Gasteiger partial charge on any atom is 0.147 e. The van der Waals surface area contributed by atoms with Crippen LogP contribution in [0.2, 0.25) is 0 Å². The molecule has 0 fully saturated rings. The second-order valence-corrected chi connectivity index (χ2v) is 4.20. The Balaban J connectivity index is 4.66. The Morgan fingerprint density at radius 3 is 2.00 bits per heavy atom. The van der Waals surface area contributed by atoms with Crippen LogP contribution in [0.5, 0.6) is 0 Å². The van der Waals surface area contributed by atoms with E-state index in [1.165, 1.54) is 0 Å². The average molecular weight is 183 g/mol. The summed E-state index contributed by atoms with van der Waals surface area (Å²) in [7, 11) is 0. The van der Waals surface area contributed by atoms with E-state index in [0.29, 0.717) is 0 Å². The van der Waals surface area contributed by atoms with E-state index in [1.807, 2.05) is 6.92 Å². The predicted octanol–water partition coefficient (Wildman–Crippen LogP) is 2.65. The number of carbonyl (C=O) groups is 1. The Labute approximate surface area is 81.4 Å². The number of hydrogen-bond acceptors (Lipinski definition) is 2. The molecule has 0 aromatic rings. The van der Waals surface area contributed by atoms with Crippen LogP contribution in [-0.4, -0.2) is 11.8 Å². The number of aldehydes is 1. The highest BCUT2D eigenvalue weighted by Gasteiger charge is 2.12. The highest BCUT2D eigenvalue weighted by atomic mass is 16.1. The molecule has 0 spiro atoms. The van der Waals surface area contributed by atoms with E-state index in [-0.39, 0.29) is 5.54 Å². The molecule has 0 bridgehead atoms. The number of rotatable bonds is 4. The fourth-order valence-electron chi connectivity index (χ4n) is 1.22. The summed E-state index contributed by atoms with van der Waals surface area (Å²) in [5.41, 5.74) is 2.00. The molecule has 0 radical (unpaired) electrons. The highest BCUT2D eigenvalue weighted by molar-refractivity contribution is 5.74. The van der Waals surface area contributed by atoms with Gasteiger partial charge in [-0.25, -0.2) is 0 Å². The van der Waals surface area contributed by atoms with Gasteiger partial charge < -0.3 is 5.32 Å². The van der Waals surface area contributed by atoms with Crippen molar-refractivity contribution in [1.29, 1.82) is 0 Å². The molecular formula is C11H21NO. The van der Waals surface area contributed by atoms with Crippen LogP contribution in [-0.2, 0) is 4.79 Å². The molecule has 0 rings (SSSR count). The highest BCUT2D eigenvalue weighted by Crippen LogP contribution is 2.12. The smallest absolute Gasteiger partial charge is 0.147 e. The van der Waals surface area contributed by atoms with Crippen molar-refractivity contribution < 1.29 is 4.79 Å². The van der Waals surface area contributed by atoms with Gasteiger partial charge in [0.25, 0.3) is 0 Å². The number of hydrogen-bond donors (Lipinski definition) is 1. The Kier molecular flexibility index (Phi) is 4.74. The third kappa shape index (κ3) is 4.71. The topological polar surface area (TPSA) is 29.1 Å². The van der Waals surface area contributed by atoms with E-state index in [1.54, 1.807) is 0 Å². The van der Waals surface area contributed by atoms with Crippen LogP contribution in [0, 0.1) is 0 Å². The molecule has 13 heavy (non-hydrogen) atoms. The van der Waals surface area contributed by atoms with Crippen molar-refractivity contribution in [3.8, 4) is 0 Å². The van der Waals surface area contributed by atoms with E-state index in [9.17, 15) is 4.79 Å². The quantitative estimate of drug-likeness (QED) is 0.536. The summed E-state index contributed by atoms with van der Waals surface area (Å²) in [6.45, 7) is 10.4. The molecule has 2 nitrogen and oxygen atoms in total. The van der Waals surface area contributed by atoms with Gasteiger partial charge in [-0.05, 0) is 33.6 Å². The minimum atomic E-state index is 0.0365. The zero-order chi connectivity index (χ0) is 10.5. The summed E-state index contributed by atoms with van der Waals surface area (Å²) in [5, 5.41) is 3.36. The number of carbonyl (C=O) groups excluding carboxylic acids is 1. The van der Waals surface area contributed by atoms with Crippen LogP contribution in [0.15, 0.2) is 11.3 Å². The van der Waals surface area contributed by atoms with Crippen LogP contribution in [0.25, 0.3) is 0 Å². The lowest BCUT2D eigenvalue weighted by molar-refractivity contribution is -0.105. The molecule has 0 saturated heterocycles. The maximum absolute atomic E-state index is 10.7. The van der Waals surface area contributed by atoms with Gasteiger partial charge >= 0.3 is 0 Å². The van der Waals surface area contributed by atoms with Crippen molar-refractivity contribution in [3.05, 3.63) is 11.3 Å². The molecule has 0 unspecified atom stereocenters. The van der Waals surface area contributed by atoms with Gasteiger partial charge in [0.2, 0.25) is 0 Å². The molecule has 0 aliphatic rings. The Hall–Kier alpha value is -0.790. The Morgan fingerprint density at radius 1 is 1.23 bits per heavy atom. The summed E-state index contributed by atoms with van der Waals surface area (Å²) < 4.78 is 0. The van der Waals surface area contributed by atoms with Gasteiger partial charge in [0.15, 0.2) is 0 Å². The maximum atomic E-state index is 10.7. The molecule has 0 atom stereocenters. The molecule has 76 valence electrons. The fraction of sp³-hybridized carbons (Fsp3) is 0.727. The third-order valence-corrected chi connectivity index (χ3v) is 1.79. The molecular weight excluding hydrogens is 162 g/mol. The zero-order valence-corrected chi connectivity index (χ0v) is 9.40. The van der Waals surface area contributed by atoms with Crippen molar-refractivity contribution >= 4 is 6.29 Å². The SMILES string of the molecule is CC/C(C=O)=C(\CC)NC(C)(C)C. The molecule has 0 heterocycles. The summed E-state index contributed by atoms with van der Waals surface area (Å²) in [6.07, 6.45) is 2.65. The third-order valence-electron chi connectivity index (χ3n) is 1.79. The van der Waals surface area contributed by atoms with Crippen LogP contribution in [0.3, 0.4) is 0 Å². The molecule has 0 amide bonds. The monoisotopic (exact) mass is 183 g/mol. The molecule has 0 aliphatic carbocycles. The summed E-state index contributed by atoms with van der Waals surface area (Å²) in [6, 6.07) is 0. The molecule has 0 aromatic carbocycles. The zero-order valence-electron chi connectivity index (χ0n) is 9.40. The lowest BCUT2D eigenvalue weighted by atomic mass is 10.0. The van der Waals surface area contributed by atoms with Gasteiger partial charge in [0.1, 0.15) is 6.29 Å². The lowest BCUT2D eigenvalue weighted by Crippen LogP contribution is -2.35. The van der Waals surface area contributed by atoms with Gasteiger partial charge in [-0.1, -0.05) is 13.8 Å². The number of allylic oxidation sites excluding steroid dienone is 2. The van der Waals surface area contributed by atoms with Gasteiger partial charge in [0.05, 0.1) is 0 Å². The largest absolute Gasteiger partial charge is 0.383 e. The average Bonchev–Trinajstić information content (AvgIpc) is 2.02. The Bertz CT molecular complexity index is 199. The second kappa shape index (κ2) is 5.05. The Morgan fingerprint density at radius 2 is 1.77 bits per heavy atom. The van der Waals surface area contributed by atoms with E-state index < -0.39 is 0 Å². The fourth-order valence-corrected chi connectivity index (χ4v) is 1.22.